The predicted octanol–water partition coefficient (Wildman–Crippen LogP) is 1.08. The Morgan fingerprint density at radius 2 is 1.33 bits per heavy atom. The Morgan fingerprint density at radius 3 is 1.77 bits per heavy atom. The van der Waals surface area contributed by atoms with E-state index >= 15 is 0 Å². The predicted molar refractivity (Wildman–Crippen MR) is 120 cm³/mol. The summed E-state index contributed by atoms with van der Waals surface area (Å²) in [6, 6.07) is -1.46. The molecule has 0 aliphatic rings. The minimum atomic E-state index is -0.740. The number of nitrogens with two attached hydrogens (primary N) is 1. The molecule has 0 aromatic carbocycles. The molecular formula is C21H42N6O3. The molecule has 0 fully saturated rings. The lowest BCUT2D eigenvalue weighted by molar-refractivity contribution is -0.133. The summed E-state index contributed by atoms with van der Waals surface area (Å²) in [6.07, 6.45) is 1.35. The minimum absolute atomic E-state index is 0.0186. The van der Waals surface area contributed by atoms with Gasteiger partial charge in [-0.05, 0) is 31.1 Å². The van der Waals surface area contributed by atoms with Crippen LogP contribution in [0.2, 0.25) is 0 Å². The third-order valence-corrected chi connectivity index (χ3v) is 4.93. The number of rotatable bonds is 13. The van der Waals surface area contributed by atoms with Gasteiger partial charge < -0.3 is 27.0 Å². The summed E-state index contributed by atoms with van der Waals surface area (Å²) < 4.78 is 0. The maximum atomic E-state index is 13.0. The molecule has 3 amide bonds. The van der Waals surface area contributed by atoms with Gasteiger partial charge in [-0.2, -0.15) is 0 Å². The highest BCUT2D eigenvalue weighted by Gasteiger charge is 2.28. The fourth-order valence-corrected chi connectivity index (χ4v) is 3.13. The van der Waals surface area contributed by atoms with Crippen LogP contribution in [0.25, 0.3) is 0 Å². The Morgan fingerprint density at radius 1 is 0.833 bits per heavy atom. The quantitative estimate of drug-likeness (QED) is 0.148. The minimum Gasteiger partial charge on any atom is -0.370 e. The average Bonchev–Trinajstić information content (AvgIpc) is 2.64. The number of amides is 3. The van der Waals surface area contributed by atoms with Crippen LogP contribution in [0.5, 0.6) is 0 Å². The molecule has 174 valence electrons. The van der Waals surface area contributed by atoms with Crippen molar-refractivity contribution in [2.45, 2.75) is 85.9 Å². The van der Waals surface area contributed by atoms with E-state index in [1.807, 2.05) is 34.6 Å². The number of carbonyl (C=O) groups is 3. The van der Waals surface area contributed by atoms with Crippen molar-refractivity contribution in [1.82, 2.24) is 21.3 Å². The molecule has 0 aromatic rings. The summed E-state index contributed by atoms with van der Waals surface area (Å²) in [7, 11) is 0. The first-order chi connectivity index (χ1) is 13.9. The van der Waals surface area contributed by atoms with Crippen molar-refractivity contribution < 1.29 is 14.4 Å². The standard InChI is InChI=1S/C21H42N6O3/c1-8-15(25-18(28)14(6)7)19(29)26-16(10-9-11-24-21(22)23)20(30)27-17(12(2)3)13(4)5/h12-17H,8-11H2,1-7H3,(H,25,28)(H,26,29)(H,27,30)(H4,22,23,24)/t15-,16+/m1/s1. The van der Waals surface area contributed by atoms with Crippen molar-refractivity contribution in [2.75, 3.05) is 6.54 Å². The van der Waals surface area contributed by atoms with E-state index in [2.05, 4.69) is 21.3 Å². The molecule has 0 aliphatic heterocycles. The summed E-state index contributed by atoms with van der Waals surface area (Å²) in [5.74, 6) is -0.704. The fourth-order valence-electron chi connectivity index (χ4n) is 3.13. The van der Waals surface area contributed by atoms with Gasteiger partial charge in [-0.15, -0.1) is 0 Å². The lowest BCUT2D eigenvalue weighted by atomic mass is 9.92. The summed E-state index contributed by atoms with van der Waals surface area (Å²) in [5.41, 5.74) is 5.29. The molecule has 0 spiro atoms. The smallest absolute Gasteiger partial charge is 0.243 e. The Hall–Kier alpha value is -2.32. The second-order valence-corrected chi connectivity index (χ2v) is 8.69. The molecule has 0 bridgehead atoms. The highest BCUT2D eigenvalue weighted by Crippen LogP contribution is 2.13. The van der Waals surface area contributed by atoms with Crippen LogP contribution < -0.4 is 27.0 Å². The van der Waals surface area contributed by atoms with Gasteiger partial charge in [0.15, 0.2) is 5.96 Å². The van der Waals surface area contributed by atoms with Crippen LogP contribution in [0.15, 0.2) is 0 Å². The molecule has 0 radical (unpaired) electrons. The Labute approximate surface area is 181 Å². The number of nitrogens with one attached hydrogen (secondary N) is 5. The van der Waals surface area contributed by atoms with Crippen LogP contribution in [0.1, 0.15) is 67.7 Å². The Bertz CT molecular complexity index is 569. The fraction of sp³-hybridized carbons (Fsp3) is 0.810. The molecule has 0 rings (SSSR count). The van der Waals surface area contributed by atoms with Gasteiger partial charge >= 0.3 is 0 Å². The van der Waals surface area contributed by atoms with Gasteiger partial charge in [0.1, 0.15) is 12.1 Å². The second-order valence-electron chi connectivity index (χ2n) is 8.69. The van der Waals surface area contributed by atoms with Gasteiger partial charge in [-0.1, -0.05) is 48.5 Å². The van der Waals surface area contributed by atoms with E-state index in [9.17, 15) is 14.4 Å². The molecule has 30 heavy (non-hydrogen) atoms. The van der Waals surface area contributed by atoms with Crippen LogP contribution in [-0.2, 0) is 14.4 Å². The summed E-state index contributed by atoms with van der Waals surface area (Å²) in [5, 5.41) is 18.5. The SMILES string of the molecule is CC[C@@H](NC(=O)C(C)C)C(=O)N[C@@H](CCCNC(=N)N)C(=O)NC(C(C)C)C(C)C. The average molecular weight is 427 g/mol. The van der Waals surface area contributed by atoms with E-state index in [1.165, 1.54) is 0 Å². The van der Waals surface area contributed by atoms with E-state index in [0.717, 1.165) is 0 Å². The lowest BCUT2D eigenvalue weighted by Crippen LogP contribution is -2.56. The topological polar surface area (TPSA) is 149 Å². The molecule has 0 heterocycles. The largest absolute Gasteiger partial charge is 0.370 e. The molecule has 7 N–H and O–H groups in total. The van der Waals surface area contributed by atoms with Crippen molar-refractivity contribution in [3.05, 3.63) is 0 Å². The van der Waals surface area contributed by atoms with Crippen LogP contribution in [0, 0.1) is 23.2 Å². The number of carbonyl (C=O) groups excluding carboxylic acids is 3. The van der Waals surface area contributed by atoms with E-state index < -0.39 is 12.1 Å². The first-order valence-corrected chi connectivity index (χ1v) is 10.9. The van der Waals surface area contributed by atoms with Crippen molar-refractivity contribution in [2.24, 2.45) is 23.5 Å². The summed E-state index contributed by atoms with van der Waals surface area (Å²) >= 11 is 0. The first-order valence-electron chi connectivity index (χ1n) is 10.9. The number of guanidine groups is 1. The van der Waals surface area contributed by atoms with Crippen molar-refractivity contribution in [3.63, 3.8) is 0 Å². The van der Waals surface area contributed by atoms with Gasteiger partial charge in [0.05, 0.1) is 0 Å². The number of hydrogen-bond donors (Lipinski definition) is 6. The second kappa shape index (κ2) is 13.8. The lowest BCUT2D eigenvalue weighted by Gasteiger charge is -2.29. The monoisotopic (exact) mass is 426 g/mol. The number of hydrogen-bond acceptors (Lipinski definition) is 4. The van der Waals surface area contributed by atoms with Gasteiger partial charge in [-0.25, -0.2) is 0 Å². The zero-order chi connectivity index (χ0) is 23.4. The van der Waals surface area contributed by atoms with Gasteiger partial charge in [0.25, 0.3) is 0 Å². The van der Waals surface area contributed by atoms with Gasteiger partial charge in [0.2, 0.25) is 17.7 Å². The maximum Gasteiger partial charge on any atom is 0.243 e. The third kappa shape index (κ3) is 10.5. The molecule has 9 heteroatoms. The molecule has 0 saturated heterocycles. The molecule has 0 unspecified atom stereocenters. The van der Waals surface area contributed by atoms with E-state index in [1.54, 1.807) is 13.8 Å². The van der Waals surface area contributed by atoms with Crippen LogP contribution in [0.4, 0.5) is 0 Å². The molecule has 2 atom stereocenters. The molecule has 0 aliphatic carbocycles. The molecule has 0 saturated carbocycles. The van der Waals surface area contributed by atoms with Crippen LogP contribution >= 0.6 is 0 Å². The van der Waals surface area contributed by atoms with Crippen molar-refractivity contribution in [3.8, 4) is 0 Å². The van der Waals surface area contributed by atoms with E-state index in [0.29, 0.717) is 25.8 Å². The van der Waals surface area contributed by atoms with E-state index in [-0.39, 0.29) is 47.5 Å². The van der Waals surface area contributed by atoms with Gasteiger partial charge in [0, 0.05) is 18.5 Å². The van der Waals surface area contributed by atoms with E-state index in [4.69, 9.17) is 11.1 Å². The Balaban J connectivity index is 5.25. The zero-order valence-corrected chi connectivity index (χ0v) is 19.6. The van der Waals surface area contributed by atoms with Crippen LogP contribution in [0.3, 0.4) is 0 Å². The molecule has 9 nitrogen and oxygen atoms in total. The van der Waals surface area contributed by atoms with Crippen molar-refractivity contribution in [1.29, 1.82) is 5.41 Å². The van der Waals surface area contributed by atoms with Gasteiger partial charge in [-0.3, -0.25) is 19.8 Å². The van der Waals surface area contributed by atoms with Crippen LogP contribution in [-0.4, -0.2) is 48.4 Å². The first kappa shape index (κ1) is 27.7. The summed E-state index contributed by atoms with van der Waals surface area (Å²) in [6.45, 7) is 13.9. The van der Waals surface area contributed by atoms with Crippen molar-refractivity contribution >= 4 is 23.7 Å². The third-order valence-electron chi connectivity index (χ3n) is 4.93. The highest BCUT2D eigenvalue weighted by molar-refractivity contribution is 5.92. The maximum absolute atomic E-state index is 13.0. The Kier molecular flexibility index (Phi) is 12.8. The molecular weight excluding hydrogens is 384 g/mol. The molecule has 0 aromatic heterocycles. The highest BCUT2D eigenvalue weighted by atomic mass is 16.2. The zero-order valence-electron chi connectivity index (χ0n) is 19.6. The summed E-state index contributed by atoms with van der Waals surface area (Å²) in [4.78, 5) is 37.7. The normalized spacial score (nSPS) is 13.3.